The number of esters is 1. The van der Waals surface area contributed by atoms with Crippen molar-refractivity contribution >= 4 is 40.8 Å². The lowest BCUT2D eigenvalue weighted by molar-refractivity contribution is -0.123. The summed E-state index contributed by atoms with van der Waals surface area (Å²) in [6.07, 6.45) is 3.95. The van der Waals surface area contributed by atoms with Crippen molar-refractivity contribution in [2.75, 3.05) is 6.61 Å². The first kappa shape index (κ1) is 22.0. The molecule has 160 valence electrons. The summed E-state index contributed by atoms with van der Waals surface area (Å²) in [5.41, 5.74) is 0.485. The van der Waals surface area contributed by atoms with Gasteiger partial charge in [-0.25, -0.2) is 14.6 Å². The normalized spacial score (nSPS) is 13.7. The van der Waals surface area contributed by atoms with E-state index in [-0.39, 0.29) is 17.5 Å². The van der Waals surface area contributed by atoms with Crippen molar-refractivity contribution < 1.29 is 23.9 Å². The summed E-state index contributed by atoms with van der Waals surface area (Å²) < 4.78 is 10.6. The number of hydrogen-bond donors (Lipinski definition) is 2. The van der Waals surface area contributed by atoms with Crippen LogP contribution in [-0.2, 0) is 16.1 Å². The fraction of sp³-hybridized carbons (Fsp3) is 0.400. The average molecular weight is 452 g/mol. The molecule has 0 saturated heterocycles. The molecule has 8 nitrogen and oxygen atoms in total. The maximum atomic E-state index is 12.3. The molecule has 1 aliphatic rings. The van der Waals surface area contributed by atoms with Gasteiger partial charge in [-0.1, -0.05) is 24.4 Å². The molecule has 30 heavy (non-hydrogen) atoms. The Bertz CT molecular complexity index is 910. The topological polar surface area (TPSA) is 107 Å². The van der Waals surface area contributed by atoms with Gasteiger partial charge in [-0.3, -0.25) is 10.1 Å². The Morgan fingerprint density at radius 2 is 1.90 bits per heavy atom. The summed E-state index contributed by atoms with van der Waals surface area (Å²) >= 11 is 6.97. The Hall–Kier alpha value is -2.65. The van der Waals surface area contributed by atoms with Crippen LogP contribution < -0.4 is 15.4 Å². The smallest absolute Gasteiger partial charge is 0.350 e. The highest BCUT2D eigenvalue weighted by Crippen LogP contribution is 2.22. The Balaban J connectivity index is 1.44. The highest BCUT2D eigenvalue weighted by molar-refractivity contribution is 7.13. The van der Waals surface area contributed by atoms with Crippen LogP contribution in [0.3, 0.4) is 0 Å². The molecule has 1 saturated carbocycles. The molecule has 2 N–H and O–H groups in total. The number of nitrogens with zero attached hydrogens (tertiary/aromatic N) is 1. The molecule has 1 aromatic carbocycles. The lowest BCUT2D eigenvalue weighted by atomic mass is 10.2. The van der Waals surface area contributed by atoms with E-state index in [2.05, 4.69) is 15.6 Å². The summed E-state index contributed by atoms with van der Waals surface area (Å²) in [7, 11) is 0. The molecule has 1 fully saturated rings. The summed E-state index contributed by atoms with van der Waals surface area (Å²) in [6.45, 7) is 1.31. The number of rotatable bonds is 7. The Morgan fingerprint density at radius 1 is 1.20 bits per heavy atom. The van der Waals surface area contributed by atoms with Gasteiger partial charge < -0.3 is 14.8 Å². The van der Waals surface area contributed by atoms with Gasteiger partial charge in [0, 0.05) is 11.1 Å². The molecule has 0 unspecified atom stereocenters. The van der Waals surface area contributed by atoms with Crippen molar-refractivity contribution in [1.82, 2.24) is 15.6 Å². The number of imide groups is 1. The Kier molecular flexibility index (Phi) is 7.64. The number of nitrogens with one attached hydrogen (secondary N) is 2. The van der Waals surface area contributed by atoms with E-state index < -0.39 is 24.5 Å². The van der Waals surface area contributed by atoms with E-state index in [0.717, 1.165) is 37.0 Å². The van der Waals surface area contributed by atoms with E-state index in [1.165, 1.54) is 0 Å². The first-order valence-corrected chi connectivity index (χ1v) is 10.7. The first-order valence-electron chi connectivity index (χ1n) is 9.53. The number of thiazole rings is 1. The van der Waals surface area contributed by atoms with E-state index in [9.17, 15) is 14.4 Å². The predicted octanol–water partition coefficient (Wildman–Crippen LogP) is 3.61. The first-order chi connectivity index (χ1) is 14.4. The maximum absolute atomic E-state index is 12.3. The number of aromatic nitrogens is 1. The number of urea groups is 1. The molecule has 1 heterocycles. The summed E-state index contributed by atoms with van der Waals surface area (Å²) in [4.78, 5) is 40.5. The van der Waals surface area contributed by atoms with Crippen LogP contribution in [0.1, 0.15) is 46.1 Å². The zero-order valence-electron chi connectivity index (χ0n) is 16.4. The van der Waals surface area contributed by atoms with E-state index in [1.54, 1.807) is 31.2 Å². The van der Waals surface area contributed by atoms with Gasteiger partial charge in [-0.15, -0.1) is 11.3 Å². The lowest BCUT2D eigenvalue weighted by Gasteiger charge is -2.12. The zero-order valence-corrected chi connectivity index (χ0v) is 18.0. The van der Waals surface area contributed by atoms with Gasteiger partial charge in [0.05, 0.1) is 5.69 Å². The highest BCUT2D eigenvalue weighted by Gasteiger charge is 2.21. The van der Waals surface area contributed by atoms with Gasteiger partial charge >= 0.3 is 12.0 Å². The fourth-order valence-electron chi connectivity index (χ4n) is 3.03. The number of benzene rings is 1. The van der Waals surface area contributed by atoms with E-state index in [0.29, 0.717) is 21.5 Å². The number of halogens is 1. The van der Waals surface area contributed by atoms with Crippen molar-refractivity contribution in [1.29, 1.82) is 0 Å². The molecule has 0 atom stereocenters. The van der Waals surface area contributed by atoms with Crippen molar-refractivity contribution in [2.24, 2.45) is 0 Å². The fourth-order valence-corrected chi connectivity index (χ4v) is 4.03. The molecule has 1 aromatic heterocycles. The van der Waals surface area contributed by atoms with Crippen LogP contribution in [0.15, 0.2) is 24.3 Å². The quantitative estimate of drug-likeness (QED) is 0.623. The molecule has 0 bridgehead atoms. The van der Waals surface area contributed by atoms with Gasteiger partial charge in [-0.2, -0.15) is 0 Å². The van der Waals surface area contributed by atoms with Gasteiger partial charge in [-0.05, 0) is 44.0 Å². The molecule has 0 aliphatic heterocycles. The van der Waals surface area contributed by atoms with Gasteiger partial charge in [0.15, 0.2) is 6.61 Å². The second-order valence-corrected chi connectivity index (χ2v) is 8.36. The molecule has 2 aromatic rings. The van der Waals surface area contributed by atoms with E-state index >= 15 is 0 Å². The second-order valence-electron chi connectivity index (χ2n) is 6.84. The number of aryl methyl sites for hydroxylation is 1. The van der Waals surface area contributed by atoms with Crippen LogP contribution in [0.25, 0.3) is 0 Å². The third kappa shape index (κ3) is 6.43. The molecule has 0 radical (unpaired) electrons. The van der Waals surface area contributed by atoms with Gasteiger partial charge in [0.25, 0.3) is 5.91 Å². The standard InChI is InChI=1S/C20H22ClN3O5S/c1-12-18(30-17(22-12)11-28-15-8-6-13(21)7-9-15)19(26)29-10-16(25)24-20(27)23-14-4-2-3-5-14/h6-9,14H,2-5,10-11H2,1H3,(H2,23,24,25,27). The largest absolute Gasteiger partial charge is 0.486 e. The van der Waals surface area contributed by atoms with Gasteiger partial charge in [0.2, 0.25) is 0 Å². The van der Waals surface area contributed by atoms with Crippen molar-refractivity contribution in [3.63, 3.8) is 0 Å². The molecular formula is C20H22ClN3O5S. The Morgan fingerprint density at radius 3 is 2.60 bits per heavy atom. The Labute approximate surface area is 182 Å². The number of ether oxygens (including phenoxy) is 2. The lowest BCUT2D eigenvalue weighted by Crippen LogP contribution is -2.44. The SMILES string of the molecule is Cc1nc(COc2ccc(Cl)cc2)sc1C(=O)OCC(=O)NC(=O)NC1CCCC1. The zero-order chi connectivity index (χ0) is 21.5. The molecule has 3 rings (SSSR count). The predicted molar refractivity (Wildman–Crippen MR) is 112 cm³/mol. The molecule has 0 spiro atoms. The summed E-state index contributed by atoms with van der Waals surface area (Å²) in [5, 5.41) is 6.10. The maximum Gasteiger partial charge on any atom is 0.350 e. The van der Waals surface area contributed by atoms with Crippen LogP contribution in [0.2, 0.25) is 5.02 Å². The third-order valence-electron chi connectivity index (χ3n) is 4.48. The third-order valence-corrected chi connectivity index (χ3v) is 5.84. The number of amides is 3. The van der Waals surface area contributed by atoms with Gasteiger partial charge in [0.1, 0.15) is 22.2 Å². The van der Waals surface area contributed by atoms with Crippen molar-refractivity contribution in [3.8, 4) is 5.75 Å². The average Bonchev–Trinajstić information content (AvgIpc) is 3.35. The minimum absolute atomic E-state index is 0.0914. The van der Waals surface area contributed by atoms with Crippen LogP contribution in [0.5, 0.6) is 5.75 Å². The van der Waals surface area contributed by atoms with Crippen LogP contribution in [0.4, 0.5) is 4.79 Å². The van der Waals surface area contributed by atoms with Crippen LogP contribution >= 0.6 is 22.9 Å². The second kappa shape index (κ2) is 10.4. The van der Waals surface area contributed by atoms with Crippen molar-refractivity contribution in [3.05, 3.63) is 44.9 Å². The monoisotopic (exact) mass is 451 g/mol. The summed E-state index contributed by atoms with van der Waals surface area (Å²) in [5.74, 6) is -0.731. The molecule has 10 heteroatoms. The van der Waals surface area contributed by atoms with Crippen molar-refractivity contribution in [2.45, 2.75) is 45.3 Å². The molecule has 1 aliphatic carbocycles. The van der Waals surface area contributed by atoms with Crippen LogP contribution in [0, 0.1) is 6.92 Å². The molecular weight excluding hydrogens is 430 g/mol. The van der Waals surface area contributed by atoms with E-state index in [4.69, 9.17) is 21.1 Å². The molecule has 3 amide bonds. The highest BCUT2D eigenvalue weighted by atomic mass is 35.5. The number of carbonyl (C=O) groups excluding carboxylic acids is 3. The number of carbonyl (C=O) groups is 3. The number of hydrogen-bond acceptors (Lipinski definition) is 7. The van der Waals surface area contributed by atoms with E-state index in [1.807, 2.05) is 0 Å². The minimum atomic E-state index is -0.688. The minimum Gasteiger partial charge on any atom is -0.486 e. The summed E-state index contributed by atoms with van der Waals surface area (Å²) in [6, 6.07) is 6.42. The van der Waals surface area contributed by atoms with Crippen LogP contribution in [-0.4, -0.2) is 35.5 Å².